The Kier molecular flexibility index (Phi) is 2.34. The van der Waals surface area contributed by atoms with E-state index in [9.17, 15) is 9.90 Å². The molecule has 0 bridgehead atoms. The molecule has 5 nitrogen and oxygen atoms in total. The van der Waals surface area contributed by atoms with Crippen LogP contribution in [0.15, 0.2) is 23.8 Å². The third kappa shape index (κ3) is 1.94. The molecule has 2 rings (SSSR count). The summed E-state index contributed by atoms with van der Waals surface area (Å²) in [5.41, 5.74) is 0.603. The molecule has 0 unspecified atom stereocenters. The van der Waals surface area contributed by atoms with Gasteiger partial charge >= 0.3 is 5.97 Å². The van der Waals surface area contributed by atoms with Gasteiger partial charge in [-0.1, -0.05) is 0 Å². The third-order valence-electron chi connectivity index (χ3n) is 1.69. The van der Waals surface area contributed by atoms with E-state index < -0.39 is 5.97 Å². The van der Waals surface area contributed by atoms with Crippen molar-refractivity contribution in [2.45, 2.75) is 0 Å². The van der Waals surface area contributed by atoms with Gasteiger partial charge in [-0.25, -0.2) is 9.78 Å². The predicted molar refractivity (Wildman–Crippen MR) is 54.0 cm³/mol. The first-order valence-corrected chi connectivity index (χ1v) is 4.88. The van der Waals surface area contributed by atoms with E-state index in [1.807, 2.05) is 0 Å². The second-order valence-electron chi connectivity index (χ2n) is 2.77. The number of thiazole rings is 1. The zero-order valence-electron chi connectivity index (χ0n) is 7.41. The monoisotopic (exact) mass is 222 g/mol. The Morgan fingerprint density at radius 2 is 2.20 bits per heavy atom. The summed E-state index contributed by atoms with van der Waals surface area (Å²) < 4.78 is 0. The van der Waals surface area contributed by atoms with Crippen LogP contribution in [-0.2, 0) is 0 Å². The molecular formula is C9H6N2O3S. The molecule has 0 aliphatic rings. The molecule has 0 saturated heterocycles. The topological polar surface area (TPSA) is 83.3 Å². The minimum absolute atomic E-state index is 0.00153. The van der Waals surface area contributed by atoms with E-state index in [2.05, 4.69) is 9.97 Å². The molecule has 0 aliphatic carbocycles. The second kappa shape index (κ2) is 3.66. The number of hydrogen-bond acceptors (Lipinski definition) is 5. The van der Waals surface area contributed by atoms with E-state index in [4.69, 9.17) is 5.11 Å². The lowest BCUT2D eigenvalue weighted by atomic mass is 10.3. The van der Waals surface area contributed by atoms with Crippen LogP contribution in [0.5, 0.6) is 5.75 Å². The Bertz CT molecular complexity index is 510. The van der Waals surface area contributed by atoms with E-state index in [0.717, 1.165) is 0 Å². The number of nitrogens with zero attached hydrogens (tertiary/aromatic N) is 2. The van der Waals surface area contributed by atoms with E-state index in [1.165, 1.54) is 35.2 Å². The van der Waals surface area contributed by atoms with Crippen molar-refractivity contribution in [1.29, 1.82) is 0 Å². The Morgan fingerprint density at radius 3 is 2.80 bits per heavy atom. The van der Waals surface area contributed by atoms with Crippen LogP contribution in [0.1, 0.15) is 10.5 Å². The number of pyridine rings is 1. The number of carboxylic acids is 1. The maximum atomic E-state index is 10.6. The molecule has 2 N–H and O–H groups in total. The summed E-state index contributed by atoms with van der Waals surface area (Å²) in [6.45, 7) is 0. The summed E-state index contributed by atoms with van der Waals surface area (Å²) in [7, 11) is 0. The van der Waals surface area contributed by atoms with Crippen LogP contribution in [-0.4, -0.2) is 26.2 Å². The Morgan fingerprint density at radius 1 is 1.40 bits per heavy atom. The van der Waals surface area contributed by atoms with Crippen molar-refractivity contribution >= 4 is 17.3 Å². The number of rotatable bonds is 2. The predicted octanol–water partition coefficient (Wildman–Crippen LogP) is 1.61. The molecule has 2 heterocycles. The molecular weight excluding hydrogens is 216 g/mol. The Balaban J connectivity index is 2.41. The van der Waals surface area contributed by atoms with Crippen molar-refractivity contribution in [3.05, 3.63) is 29.5 Å². The molecule has 0 aliphatic heterocycles. The van der Waals surface area contributed by atoms with Crippen molar-refractivity contribution < 1.29 is 15.0 Å². The molecule has 0 atom stereocenters. The van der Waals surface area contributed by atoms with Gasteiger partial charge in [-0.2, -0.15) is 0 Å². The van der Waals surface area contributed by atoms with Crippen LogP contribution in [0.25, 0.3) is 10.6 Å². The highest BCUT2D eigenvalue weighted by Gasteiger charge is 2.10. The molecule has 76 valence electrons. The molecule has 0 amide bonds. The highest BCUT2D eigenvalue weighted by atomic mass is 32.1. The summed E-state index contributed by atoms with van der Waals surface area (Å²) in [5, 5.41) is 19.8. The fraction of sp³-hybridized carbons (Fsp3) is 0. The van der Waals surface area contributed by atoms with E-state index in [0.29, 0.717) is 10.6 Å². The van der Waals surface area contributed by atoms with Gasteiger partial charge in [0.1, 0.15) is 10.8 Å². The van der Waals surface area contributed by atoms with Crippen LogP contribution in [0.3, 0.4) is 0 Å². The molecule has 0 spiro atoms. The largest absolute Gasteiger partial charge is 0.506 e. The number of carbonyl (C=O) groups is 1. The van der Waals surface area contributed by atoms with Gasteiger partial charge in [-0.05, 0) is 6.07 Å². The third-order valence-corrected chi connectivity index (χ3v) is 2.59. The summed E-state index contributed by atoms with van der Waals surface area (Å²) >= 11 is 1.20. The maximum Gasteiger partial charge on any atom is 0.355 e. The summed E-state index contributed by atoms with van der Waals surface area (Å²) in [6, 6.07) is 1.48. The molecule has 2 aromatic heterocycles. The maximum absolute atomic E-state index is 10.6. The Labute approximate surface area is 88.7 Å². The molecule has 6 heteroatoms. The molecule has 0 saturated carbocycles. The zero-order chi connectivity index (χ0) is 10.8. The minimum atomic E-state index is -1.06. The van der Waals surface area contributed by atoms with Gasteiger partial charge in [0.05, 0.1) is 6.20 Å². The van der Waals surface area contributed by atoms with Gasteiger partial charge in [0.15, 0.2) is 5.69 Å². The van der Waals surface area contributed by atoms with Crippen molar-refractivity contribution in [3.8, 4) is 16.3 Å². The minimum Gasteiger partial charge on any atom is -0.506 e. The van der Waals surface area contributed by atoms with Crippen molar-refractivity contribution in [1.82, 2.24) is 9.97 Å². The van der Waals surface area contributed by atoms with Gasteiger partial charge in [-0.15, -0.1) is 11.3 Å². The molecule has 0 fully saturated rings. The number of carboxylic acid groups (broad SMARTS) is 1. The second-order valence-corrected chi connectivity index (χ2v) is 3.63. The first-order chi connectivity index (χ1) is 7.16. The molecule has 0 aromatic carbocycles. The van der Waals surface area contributed by atoms with Gasteiger partial charge in [-0.3, -0.25) is 4.98 Å². The van der Waals surface area contributed by atoms with Gasteiger partial charge in [0, 0.05) is 17.1 Å². The van der Waals surface area contributed by atoms with Crippen molar-refractivity contribution in [2.75, 3.05) is 0 Å². The van der Waals surface area contributed by atoms with Crippen LogP contribution in [0.2, 0.25) is 0 Å². The average molecular weight is 222 g/mol. The Hall–Kier alpha value is -1.95. The number of hydrogen-bond donors (Lipinski definition) is 2. The van der Waals surface area contributed by atoms with Crippen LogP contribution in [0, 0.1) is 0 Å². The standard InChI is InChI=1S/C9H6N2O3S/c12-6-1-5(2-10-3-6)8-11-7(4-15-8)9(13)14/h1-4,12H,(H,13,14). The van der Waals surface area contributed by atoms with Crippen LogP contribution < -0.4 is 0 Å². The van der Waals surface area contributed by atoms with Gasteiger partial charge in [0.25, 0.3) is 0 Å². The average Bonchev–Trinajstić information content (AvgIpc) is 2.66. The van der Waals surface area contributed by atoms with E-state index in [1.54, 1.807) is 0 Å². The summed E-state index contributed by atoms with van der Waals surface area (Å²) in [4.78, 5) is 18.3. The highest BCUT2D eigenvalue weighted by molar-refractivity contribution is 7.13. The smallest absolute Gasteiger partial charge is 0.355 e. The summed E-state index contributed by atoms with van der Waals surface area (Å²) in [6.07, 6.45) is 2.82. The van der Waals surface area contributed by atoms with Crippen molar-refractivity contribution in [2.24, 2.45) is 0 Å². The fourth-order valence-corrected chi connectivity index (χ4v) is 1.82. The lowest BCUT2D eigenvalue weighted by molar-refractivity contribution is 0.0691. The van der Waals surface area contributed by atoms with Crippen molar-refractivity contribution in [3.63, 3.8) is 0 Å². The quantitative estimate of drug-likeness (QED) is 0.806. The number of aromatic nitrogens is 2. The number of aromatic hydroxyl groups is 1. The zero-order valence-corrected chi connectivity index (χ0v) is 8.23. The highest BCUT2D eigenvalue weighted by Crippen LogP contribution is 2.25. The van der Waals surface area contributed by atoms with Crippen LogP contribution >= 0.6 is 11.3 Å². The van der Waals surface area contributed by atoms with E-state index >= 15 is 0 Å². The molecule has 2 aromatic rings. The normalized spacial score (nSPS) is 10.1. The number of aromatic carboxylic acids is 1. The first-order valence-electron chi connectivity index (χ1n) is 4.00. The lowest BCUT2D eigenvalue weighted by Crippen LogP contribution is -1.95. The van der Waals surface area contributed by atoms with Gasteiger partial charge in [0.2, 0.25) is 0 Å². The molecule has 15 heavy (non-hydrogen) atoms. The molecule has 0 radical (unpaired) electrons. The van der Waals surface area contributed by atoms with E-state index in [-0.39, 0.29) is 11.4 Å². The fourth-order valence-electron chi connectivity index (χ4n) is 1.05. The van der Waals surface area contributed by atoms with Crippen LogP contribution in [0.4, 0.5) is 0 Å². The van der Waals surface area contributed by atoms with Gasteiger partial charge < -0.3 is 10.2 Å². The summed E-state index contributed by atoms with van der Waals surface area (Å²) in [5.74, 6) is -1.04. The lowest BCUT2D eigenvalue weighted by Gasteiger charge is -1.95. The first kappa shape index (κ1) is 9.60. The SMILES string of the molecule is O=C(O)c1csc(-c2cncc(O)c2)n1.